The van der Waals surface area contributed by atoms with Gasteiger partial charge in [0.05, 0.1) is 10.0 Å². The van der Waals surface area contributed by atoms with Gasteiger partial charge in [0.15, 0.2) is 5.58 Å². The van der Waals surface area contributed by atoms with Crippen LogP contribution < -0.4 is 5.32 Å². The summed E-state index contributed by atoms with van der Waals surface area (Å²) in [6, 6.07) is 18.3. The minimum Gasteiger partial charge on any atom is -0.436 e. The van der Waals surface area contributed by atoms with E-state index in [0.29, 0.717) is 33.1 Å². The predicted octanol–water partition coefficient (Wildman–Crippen LogP) is 7.57. The summed E-state index contributed by atoms with van der Waals surface area (Å²) in [5.74, 6) is 0.766. The standard InChI is InChI=1S/C24H20Cl2N2O2/c1-3-14(2)16-7-11-22-21(13-16)28-24(30-22)15-4-8-18(9-5-15)27-23(29)17-6-10-19(25)20(26)12-17/h4-14H,3H2,1-2H3,(H,27,29). The highest BCUT2D eigenvalue weighted by Crippen LogP contribution is 2.29. The van der Waals surface area contributed by atoms with Crippen molar-refractivity contribution in [2.45, 2.75) is 26.2 Å². The molecule has 1 unspecified atom stereocenters. The lowest BCUT2D eigenvalue weighted by Crippen LogP contribution is -2.11. The van der Waals surface area contributed by atoms with Gasteiger partial charge < -0.3 is 9.73 Å². The van der Waals surface area contributed by atoms with Crippen LogP contribution in [0.5, 0.6) is 0 Å². The zero-order valence-electron chi connectivity index (χ0n) is 16.6. The third-order valence-corrected chi connectivity index (χ3v) is 5.90. The molecule has 0 aliphatic carbocycles. The Labute approximate surface area is 184 Å². The molecule has 4 nitrogen and oxygen atoms in total. The normalized spacial score (nSPS) is 12.1. The Hall–Kier alpha value is -2.82. The number of nitrogens with one attached hydrogen (secondary N) is 1. The van der Waals surface area contributed by atoms with E-state index in [1.807, 2.05) is 30.3 Å². The lowest BCUT2D eigenvalue weighted by molar-refractivity contribution is 0.102. The zero-order valence-corrected chi connectivity index (χ0v) is 18.1. The van der Waals surface area contributed by atoms with Crippen molar-refractivity contribution in [1.29, 1.82) is 0 Å². The molecule has 0 spiro atoms. The quantitative estimate of drug-likeness (QED) is 0.349. The van der Waals surface area contributed by atoms with Crippen LogP contribution in [0.4, 0.5) is 5.69 Å². The summed E-state index contributed by atoms with van der Waals surface area (Å²) in [5, 5.41) is 3.59. The first-order valence-corrected chi connectivity index (χ1v) is 10.5. The molecule has 0 bridgehead atoms. The van der Waals surface area contributed by atoms with Crippen LogP contribution in [0.15, 0.2) is 65.1 Å². The molecule has 1 amide bonds. The maximum atomic E-state index is 12.4. The molecular weight excluding hydrogens is 419 g/mol. The number of aromatic nitrogens is 1. The van der Waals surface area contributed by atoms with Gasteiger partial charge in [-0.1, -0.05) is 43.1 Å². The number of fused-ring (bicyclic) bond motifs is 1. The van der Waals surface area contributed by atoms with Gasteiger partial charge in [0.25, 0.3) is 5.91 Å². The van der Waals surface area contributed by atoms with Gasteiger partial charge in [-0.3, -0.25) is 4.79 Å². The van der Waals surface area contributed by atoms with Crippen LogP contribution in [-0.2, 0) is 0 Å². The van der Waals surface area contributed by atoms with E-state index in [0.717, 1.165) is 23.1 Å². The summed E-state index contributed by atoms with van der Waals surface area (Å²) >= 11 is 11.9. The Morgan fingerprint density at radius 3 is 2.50 bits per heavy atom. The molecule has 0 aliphatic heterocycles. The molecule has 0 saturated carbocycles. The lowest BCUT2D eigenvalue weighted by Gasteiger charge is -2.07. The van der Waals surface area contributed by atoms with Crippen LogP contribution in [-0.4, -0.2) is 10.9 Å². The number of amides is 1. The van der Waals surface area contributed by atoms with Crippen molar-refractivity contribution in [3.63, 3.8) is 0 Å². The number of benzene rings is 3. The smallest absolute Gasteiger partial charge is 0.255 e. The van der Waals surface area contributed by atoms with E-state index in [1.54, 1.807) is 18.2 Å². The number of rotatable bonds is 5. The van der Waals surface area contributed by atoms with E-state index >= 15 is 0 Å². The fourth-order valence-electron chi connectivity index (χ4n) is 3.15. The van der Waals surface area contributed by atoms with Gasteiger partial charge in [-0.2, -0.15) is 0 Å². The molecule has 1 N–H and O–H groups in total. The van der Waals surface area contributed by atoms with Gasteiger partial charge in [-0.15, -0.1) is 0 Å². The molecule has 0 saturated heterocycles. The molecule has 6 heteroatoms. The number of oxazole rings is 1. The largest absolute Gasteiger partial charge is 0.436 e. The monoisotopic (exact) mass is 438 g/mol. The molecule has 4 aromatic rings. The van der Waals surface area contributed by atoms with Crippen molar-refractivity contribution >= 4 is 45.9 Å². The van der Waals surface area contributed by atoms with Gasteiger partial charge in [-0.05, 0) is 72.5 Å². The van der Waals surface area contributed by atoms with Crippen LogP contribution in [0, 0.1) is 0 Å². The molecule has 1 heterocycles. The van der Waals surface area contributed by atoms with Crippen molar-refractivity contribution in [3.8, 4) is 11.5 Å². The van der Waals surface area contributed by atoms with Crippen molar-refractivity contribution < 1.29 is 9.21 Å². The fraction of sp³-hybridized carbons (Fsp3) is 0.167. The first kappa shape index (κ1) is 20.5. The molecule has 30 heavy (non-hydrogen) atoms. The van der Waals surface area contributed by atoms with Gasteiger partial charge >= 0.3 is 0 Å². The predicted molar refractivity (Wildman–Crippen MR) is 123 cm³/mol. The number of hydrogen-bond donors (Lipinski definition) is 1. The Morgan fingerprint density at radius 1 is 1.03 bits per heavy atom. The zero-order chi connectivity index (χ0) is 21.3. The first-order chi connectivity index (χ1) is 14.4. The van der Waals surface area contributed by atoms with Crippen LogP contribution in [0.25, 0.3) is 22.6 Å². The molecule has 3 aromatic carbocycles. The minimum absolute atomic E-state index is 0.263. The molecule has 0 aliphatic rings. The van der Waals surface area contributed by atoms with Crippen LogP contribution in [0.2, 0.25) is 10.0 Å². The second-order valence-corrected chi connectivity index (χ2v) is 8.03. The second kappa shape index (κ2) is 8.50. The summed E-state index contributed by atoms with van der Waals surface area (Å²) in [4.78, 5) is 17.1. The van der Waals surface area contributed by atoms with Gasteiger partial charge in [0.1, 0.15) is 5.52 Å². The average molecular weight is 439 g/mol. The van der Waals surface area contributed by atoms with Gasteiger partial charge in [-0.25, -0.2) is 4.98 Å². The van der Waals surface area contributed by atoms with Crippen molar-refractivity contribution in [2.75, 3.05) is 5.32 Å². The Kier molecular flexibility index (Phi) is 5.80. The van der Waals surface area contributed by atoms with Crippen LogP contribution >= 0.6 is 23.2 Å². The third kappa shape index (κ3) is 4.20. The van der Waals surface area contributed by atoms with Crippen molar-refractivity contribution in [1.82, 2.24) is 4.98 Å². The van der Waals surface area contributed by atoms with Gasteiger partial charge in [0, 0.05) is 16.8 Å². The molecule has 0 fully saturated rings. The maximum Gasteiger partial charge on any atom is 0.255 e. The SMILES string of the molecule is CCC(C)c1ccc2oc(-c3ccc(NC(=O)c4ccc(Cl)c(Cl)c4)cc3)nc2c1. The van der Waals surface area contributed by atoms with E-state index in [4.69, 9.17) is 27.6 Å². The van der Waals surface area contributed by atoms with Crippen LogP contribution in [0.1, 0.15) is 42.1 Å². The Morgan fingerprint density at radius 2 is 1.80 bits per heavy atom. The van der Waals surface area contributed by atoms with E-state index < -0.39 is 0 Å². The molecule has 1 atom stereocenters. The number of carbonyl (C=O) groups is 1. The summed E-state index contributed by atoms with van der Waals surface area (Å²) in [7, 11) is 0. The summed E-state index contributed by atoms with van der Waals surface area (Å²) in [5.41, 5.74) is 4.79. The summed E-state index contributed by atoms with van der Waals surface area (Å²) < 4.78 is 5.91. The number of nitrogens with zero attached hydrogens (tertiary/aromatic N) is 1. The second-order valence-electron chi connectivity index (χ2n) is 7.22. The minimum atomic E-state index is -0.263. The highest BCUT2D eigenvalue weighted by molar-refractivity contribution is 6.42. The number of anilines is 1. The van der Waals surface area contributed by atoms with E-state index in [9.17, 15) is 4.79 Å². The average Bonchev–Trinajstić information content (AvgIpc) is 3.19. The fourth-order valence-corrected chi connectivity index (χ4v) is 3.45. The lowest BCUT2D eigenvalue weighted by atomic mass is 9.98. The first-order valence-electron chi connectivity index (χ1n) is 9.72. The highest BCUT2D eigenvalue weighted by atomic mass is 35.5. The topological polar surface area (TPSA) is 55.1 Å². The Bertz CT molecular complexity index is 1220. The highest BCUT2D eigenvalue weighted by Gasteiger charge is 2.12. The number of carbonyl (C=O) groups excluding carboxylic acids is 1. The Balaban J connectivity index is 1.53. The molecule has 1 aromatic heterocycles. The van der Waals surface area contributed by atoms with E-state index in [-0.39, 0.29) is 5.91 Å². The van der Waals surface area contributed by atoms with Crippen molar-refractivity contribution in [2.24, 2.45) is 0 Å². The third-order valence-electron chi connectivity index (χ3n) is 5.16. The molecular formula is C24H20Cl2N2O2. The summed E-state index contributed by atoms with van der Waals surface area (Å²) in [6.45, 7) is 4.37. The van der Waals surface area contributed by atoms with Crippen molar-refractivity contribution in [3.05, 3.63) is 81.8 Å². The number of hydrogen-bond acceptors (Lipinski definition) is 3. The van der Waals surface area contributed by atoms with E-state index in [1.165, 1.54) is 5.56 Å². The van der Waals surface area contributed by atoms with Gasteiger partial charge in [0.2, 0.25) is 5.89 Å². The molecule has 0 radical (unpaired) electrons. The molecule has 152 valence electrons. The van der Waals surface area contributed by atoms with E-state index in [2.05, 4.69) is 36.3 Å². The summed E-state index contributed by atoms with van der Waals surface area (Å²) in [6.07, 6.45) is 1.08. The maximum absolute atomic E-state index is 12.4. The molecule has 4 rings (SSSR count). The van der Waals surface area contributed by atoms with Crippen LogP contribution in [0.3, 0.4) is 0 Å². The number of halogens is 2.